The SMILES string of the molecule is CC1CCC(c2noc(CCc3ccccc3N)n2)C1. The quantitative estimate of drug-likeness (QED) is 0.866. The van der Waals surface area contributed by atoms with Gasteiger partial charge in [-0.2, -0.15) is 4.98 Å². The van der Waals surface area contributed by atoms with E-state index in [4.69, 9.17) is 10.3 Å². The fourth-order valence-electron chi connectivity index (χ4n) is 2.98. The molecule has 106 valence electrons. The highest BCUT2D eigenvalue weighted by molar-refractivity contribution is 5.46. The number of nitrogens with zero attached hydrogens (tertiary/aromatic N) is 2. The Balaban J connectivity index is 1.62. The molecule has 2 aromatic rings. The van der Waals surface area contributed by atoms with Crippen LogP contribution in [0.2, 0.25) is 0 Å². The fraction of sp³-hybridized carbons (Fsp3) is 0.500. The van der Waals surface area contributed by atoms with Gasteiger partial charge in [-0.05, 0) is 43.2 Å². The van der Waals surface area contributed by atoms with Crippen LogP contribution < -0.4 is 5.73 Å². The summed E-state index contributed by atoms with van der Waals surface area (Å²) in [5.41, 5.74) is 7.91. The Morgan fingerprint density at radius 3 is 2.85 bits per heavy atom. The molecule has 2 N–H and O–H groups in total. The molecule has 1 aliphatic carbocycles. The van der Waals surface area contributed by atoms with Gasteiger partial charge < -0.3 is 10.3 Å². The summed E-state index contributed by atoms with van der Waals surface area (Å²) < 4.78 is 5.37. The standard InChI is InChI=1S/C16H21N3O/c1-11-6-7-13(10-11)16-18-15(20-19-16)9-8-12-4-2-3-5-14(12)17/h2-5,11,13H,6-10,17H2,1H3. The van der Waals surface area contributed by atoms with Crippen LogP contribution in [0, 0.1) is 5.92 Å². The number of hydrogen-bond donors (Lipinski definition) is 1. The first-order chi connectivity index (χ1) is 9.72. The van der Waals surface area contributed by atoms with Crippen molar-refractivity contribution in [2.45, 2.75) is 44.9 Å². The summed E-state index contributed by atoms with van der Waals surface area (Å²) in [4.78, 5) is 4.55. The molecule has 1 heterocycles. The first-order valence-electron chi connectivity index (χ1n) is 7.38. The summed E-state index contributed by atoms with van der Waals surface area (Å²) in [7, 11) is 0. The maximum atomic E-state index is 5.94. The molecule has 0 radical (unpaired) electrons. The minimum absolute atomic E-state index is 0.490. The van der Waals surface area contributed by atoms with Gasteiger partial charge in [0.05, 0.1) is 0 Å². The van der Waals surface area contributed by atoms with E-state index in [-0.39, 0.29) is 0 Å². The van der Waals surface area contributed by atoms with Crippen LogP contribution in [0.15, 0.2) is 28.8 Å². The van der Waals surface area contributed by atoms with Crippen LogP contribution in [-0.4, -0.2) is 10.1 Å². The average Bonchev–Trinajstić information content (AvgIpc) is 3.06. The molecule has 1 fully saturated rings. The zero-order chi connectivity index (χ0) is 13.9. The second-order valence-electron chi connectivity index (χ2n) is 5.86. The molecule has 0 saturated heterocycles. The Hall–Kier alpha value is -1.84. The van der Waals surface area contributed by atoms with Crippen molar-refractivity contribution in [2.75, 3.05) is 5.73 Å². The Bertz CT molecular complexity index is 579. The van der Waals surface area contributed by atoms with E-state index in [2.05, 4.69) is 17.1 Å². The molecule has 0 spiro atoms. The van der Waals surface area contributed by atoms with Gasteiger partial charge in [-0.3, -0.25) is 0 Å². The van der Waals surface area contributed by atoms with Gasteiger partial charge in [0.1, 0.15) is 0 Å². The molecule has 3 rings (SSSR count). The third-order valence-electron chi connectivity index (χ3n) is 4.21. The van der Waals surface area contributed by atoms with Crippen molar-refractivity contribution in [1.82, 2.24) is 10.1 Å². The molecule has 1 aromatic heterocycles. The van der Waals surface area contributed by atoms with E-state index in [1.807, 2.05) is 24.3 Å². The highest BCUT2D eigenvalue weighted by Crippen LogP contribution is 2.36. The van der Waals surface area contributed by atoms with Crippen molar-refractivity contribution >= 4 is 5.69 Å². The Kier molecular flexibility index (Phi) is 3.72. The van der Waals surface area contributed by atoms with Crippen molar-refractivity contribution < 1.29 is 4.52 Å². The molecule has 4 nitrogen and oxygen atoms in total. The van der Waals surface area contributed by atoms with E-state index in [9.17, 15) is 0 Å². The predicted molar refractivity (Wildman–Crippen MR) is 78.3 cm³/mol. The zero-order valence-electron chi connectivity index (χ0n) is 11.9. The van der Waals surface area contributed by atoms with Crippen molar-refractivity contribution in [3.05, 3.63) is 41.5 Å². The van der Waals surface area contributed by atoms with E-state index >= 15 is 0 Å². The van der Waals surface area contributed by atoms with Crippen molar-refractivity contribution in [3.8, 4) is 0 Å². The van der Waals surface area contributed by atoms with Gasteiger partial charge in [0.15, 0.2) is 5.82 Å². The van der Waals surface area contributed by atoms with Crippen LogP contribution in [0.5, 0.6) is 0 Å². The Labute approximate surface area is 119 Å². The number of para-hydroxylation sites is 1. The van der Waals surface area contributed by atoms with Crippen molar-refractivity contribution in [1.29, 1.82) is 0 Å². The molecule has 2 unspecified atom stereocenters. The minimum Gasteiger partial charge on any atom is -0.399 e. The highest BCUT2D eigenvalue weighted by atomic mass is 16.5. The lowest BCUT2D eigenvalue weighted by Gasteiger charge is -2.03. The molecule has 20 heavy (non-hydrogen) atoms. The van der Waals surface area contributed by atoms with E-state index in [1.54, 1.807) is 0 Å². The normalized spacial score (nSPS) is 22.2. The maximum Gasteiger partial charge on any atom is 0.226 e. The third kappa shape index (κ3) is 2.84. The monoisotopic (exact) mass is 271 g/mol. The molecule has 0 bridgehead atoms. The van der Waals surface area contributed by atoms with Crippen LogP contribution in [0.4, 0.5) is 5.69 Å². The second kappa shape index (κ2) is 5.65. The first-order valence-corrected chi connectivity index (χ1v) is 7.38. The molecule has 1 aromatic carbocycles. The maximum absolute atomic E-state index is 5.94. The molecule has 1 aliphatic rings. The van der Waals surface area contributed by atoms with Crippen molar-refractivity contribution in [2.24, 2.45) is 5.92 Å². The number of anilines is 1. The highest BCUT2D eigenvalue weighted by Gasteiger charge is 2.26. The van der Waals surface area contributed by atoms with E-state index in [0.29, 0.717) is 5.92 Å². The van der Waals surface area contributed by atoms with Crippen LogP contribution in [0.1, 0.15) is 49.4 Å². The lowest BCUT2D eigenvalue weighted by molar-refractivity contribution is 0.369. The zero-order valence-corrected chi connectivity index (χ0v) is 11.9. The molecule has 2 atom stereocenters. The average molecular weight is 271 g/mol. The van der Waals surface area contributed by atoms with Gasteiger partial charge in [-0.1, -0.05) is 30.3 Å². The number of aryl methyl sites for hydroxylation is 2. The molecular formula is C16H21N3O. The van der Waals surface area contributed by atoms with E-state index in [1.165, 1.54) is 19.3 Å². The number of hydrogen-bond acceptors (Lipinski definition) is 4. The molecule has 4 heteroatoms. The topological polar surface area (TPSA) is 64.9 Å². The lowest BCUT2D eigenvalue weighted by atomic mass is 10.1. The van der Waals surface area contributed by atoms with E-state index in [0.717, 1.165) is 41.7 Å². The summed E-state index contributed by atoms with van der Waals surface area (Å²) >= 11 is 0. The number of nitrogen functional groups attached to an aromatic ring is 1. The number of aromatic nitrogens is 2. The smallest absolute Gasteiger partial charge is 0.226 e. The number of benzene rings is 1. The first kappa shape index (κ1) is 13.2. The second-order valence-corrected chi connectivity index (χ2v) is 5.86. The van der Waals surface area contributed by atoms with E-state index < -0.39 is 0 Å². The summed E-state index contributed by atoms with van der Waals surface area (Å²) in [5, 5.41) is 4.15. The molecule has 0 aliphatic heterocycles. The third-order valence-corrected chi connectivity index (χ3v) is 4.21. The lowest BCUT2D eigenvalue weighted by Crippen LogP contribution is -1.99. The van der Waals surface area contributed by atoms with Gasteiger partial charge in [0.2, 0.25) is 5.89 Å². The minimum atomic E-state index is 0.490. The van der Waals surface area contributed by atoms with Crippen LogP contribution >= 0.6 is 0 Å². The van der Waals surface area contributed by atoms with Crippen LogP contribution in [0.3, 0.4) is 0 Å². The molecular weight excluding hydrogens is 250 g/mol. The van der Waals surface area contributed by atoms with Gasteiger partial charge in [0, 0.05) is 18.0 Å². The predicted octanol–water partition coefficient (Wildman–Crippen LogP) is 3.34. The van der Waals surface area contributed by atoms with Gasteiger partial charge in [-0.25, -0.2) is 0 Å². The van der Waals surface area contributed by atoms with Crippen molar-refractivity contribution in [3.63, 3.8) is 0 Å². The summed E-state index contributed by atoms with van der Waals surface area (Å²) in [6, 6.07) is 7.93. The van der Waals surface area contributed by atoms with Crippen LogP contribution in [-0.2, 0) is 12.8 Å². The van der Waals surface area contributed by atoms with Gasteiger partial charge >= 0.3 is 0 Å². The van der Waals surface area contributed by atoms with Gasteiger partial charge in [0.25, 0.3) is 0 Å². The Morgan fingerprint density at radius 2 is 2.10 bits per heavy atom. The summed E-state index contributed by atoms with van der Waals surface area (Å²) in [5.74, 6) is 2.89. The van der Waals surface area contributed by atoms with Gasteiger partial charge in [-0.15, -0.1) is 0 Å². The summed E-state index contributed by atoms with van der Waals surface area (Å²) in [6.45, 7) is 2.29. The number of rotatable bonds is 4. The van der Waals surface area contributed by atoms with Crippen LogP contribution in [0.25, 0.3) is 0 Å². The summed E-state index contributed by atoms with van der Waals surface area (Å²) in [6.07, 6.45) is 5.24. The molecule has 1 saturated carbocycles. The number of nitrogens with two attached hydrogens (primary N) is 1. The Morgan fingerprint density at radius 1 is 1.25 bits per heavy atom. The molecule has 0 amide bonds. The fourth-order valence-corrected chi connectivity index (χ4v) is 2.98. The largest absolute Gasteiger partial charge is 0.399 e.